The zero-order chi connectivity index (χ0) is 9.26. The highest BCUT2D eigenvalue weighted by Gasteiger charge is 2.17. The van der Waals surface area contributed by atoms with Crippen LogP contribution in [0.4, 0.5) is 0 Å². The molecule has 2 heterocycles. The van der Waals surface area contributed by atoms with Gasteiger partial charge in [0.25, 0.3) is 0 Å². The first-order valence-corrected chi connectivity index (χ1v) is 5.02. The summed E-state index contributed by atoms with van der Waals surface area (Å²) in [4.78, 5) is 0. The van der Waals surface area contributed by atoms with Crippen molar-refractivity contribution in [3.63, 3.8) is 0 Å². The third kappa shape index (κ3) is 1.94. The fourth-order valence-electron chi connectivity index (χ4n) is 2.09. The summed E-state index contributed by atoms with van der Waals surface area (Å²) in [6.45, 7) is 6.43. The van der Waals surface area contributed by atoms with E-state index in [2.05, 4.69) is 18.3 Å². The molecule has 1 N–H and O–H groups in total. The Labute approximate surface area is 79.3 Å². The third-order valence-electron chi connectivity index (χ3n) is 2.81. The van der Waals surface area contributed by atoms with Gasteiger partial charge < -0.3 is 9.73 Å². The average molecular weight is 179 g/mol. The normalized spacial score (nSPS) is 22.5. The van der Waals surface area contributed by atoms with Crippen LogP contribution in [0.15, 0.2) is 10.5 Å². The molecule has 2 heteroatoms. The van der Waals surface area contributed by atoms with E-state index >= 15 is 0 Å². The van der Waals surface area contributed by atoms with E-state index in [9.17, 15) is 0 Å². The highest BCUT2D eigenvalue weighted by molar-refractivity contribution is 5.20. The summed E-state index contributed by atoms with van der Waals surface area (Å²) in [5.41, 5.74) is 1.39. The van der Waals surface area contributed by atoms with Crippen LogP contribution in [-0.2, 0) is 6.42 Å². The molecule has 1 fully saturated rings. The van der Waals surface area contributed by atoms with Crippen molar-refractivity contribution in [1.29, 1.82) is 0 Å². The van der Waals surface area contributed by atoms with Gasteiger partial charge in [0.2, 0.25) is 0 Å². The lowest BCUT2D eigenvalue weighted by Gasteiger charge is -2.05. The first-order chi connectivity index (χ1) is 6.25. The van der Waals surface area contributed by atoms with Crippen LogP contribution in [-0.4, -0.2) is 13.1 Å². The SMILES string of the molecule is Cc1cc(CC2CCNC2)c(C)o1. The highest BCUT2D eigenvalue weighted by Crippen LogP contribution is 2.20. The van der Waals surface area contributed by atoms with Gasteiger partial charge in [-0.3, -0.25) is 0 Å². The van der Waals surface area contributed by atoms with Crippen molar-refractivity contribution in [2.24, 2.45) is 5.92 Å². The molecule has 1 aromatic rings. The van der Waals surface area contributed by atoms with E-state index in [4.69, 9.17) is 4.42 Å². The topological polar surface area (TPSA) is 25.2 Å². The minimum Gasteiger partial charge on any atom is -0.466 e. The van der Waals surface area contributed by atoms with Gasteiger partial charge in [-0.1, -0.05) is 0 Å². The molecule has 0 aliphatic carbocycles. The summed E-state index contributed by atoms with van der Waals surface area (Å²) in [7, 11) is 0. The molecule has 2 nitrogen and oxygen atoms in total. The number of rotatable bonds is 2. The molecule has 0 radical (unpaired) electrons. The third-order valence-corrected chi connectivity index (χ3v) is 2.81. The molecule has 1 unspecified atom stereocenters. The minimum absolute atomic E-state index is 0.815. The maximum atomic E-state index is 5.50. The van der Waals surface area contributed by atoms with Crippen molar-refractivity contribution in [1.82, 2.24) is 5.32 Å². The lowest BCUT2D eigenvalue weighted by atomic mass is 9.99. The van der Waals surface area contributed by atoms with Crippen LogP contribution in [0.5, 0.6) is 0 Å². The van der Waals surface area contributed by atoms with Gasteiger partial charge in [0.05, 0.1) is 0 Å². The van der Waals surface area contributed by atoms with Crippen molar-refractivity contribution < 1.29 is 4.42 Å². The van der Waals surface area contributed by atoms with Gasteiger partial charge in [0.1, 0.15) is 11.5 Å². The van der Waals surface area contributed by atoms with Crippen LogP contribution in [0.3, 0.4) is 0 Å². The number of furan rings is 1. The Bertz CT molecular complexity index is 284. The van der Waals surface area contributed by atoms with Gasteiger partial charge in [-0.15, -0.1) is 0 Å². The molecule has 0 amide bonds. The number of hydrogen-bond acceptors (Lipinski definition) is 2. The summed E-state index contributed by atoms with van der Waals surface area (Å²) in [5.74, 6) is 2.96. The monoisotopic (exact) mass is 179 g/mol. The Balaban J connectivity index is 2.03. The molecule has 1 aliphatic rings. The summed E-state index contributed by atoms with van der Waals surface area (Å²) in [6, 6.07) is 2.17. The number of aryl methyl sites for hydroxylation is 2. The first kappa shape index (κ1) is 8.82. The van der Waals surface area contributed by atoms with Gasteiger partial charge >= 0.3 is 0 Å². The van der Waals surface area contributed by atoms with Crippen molar-refractivity contribution in [2.45, 2.75) is 26.7 Å². The van der Waals surface area contributed by atoms with E-state index in [1.807, 2.05) is 6.92 Å². The van der Waals surface area contributed by atoms with E-state index in [0.29, 0.717) is 0 Å². The van der Waals surface area contributed by atoms with Gasteiger partial charge in [-0.25, -0.2) is 0 Å². The molecule has 1 atom stereocenters. The Hall–Kier alpha value is -0.760. The Morgan fingerprint density at radius 2 is 2.38 bits per heavy atom. The van der Waals surface area contributed by atoms with Crippen LogP contribution in [0.1, 0.15) is 23.5 Å². The van der Waals surface area contributed by atoms with Crippen LogP contribution in [0.25, 0.3) is 0 Å². The van der Waals surface area contributed by atoms with Crippen LogP contribution in [0.2, 0.25) is 0 Å². The van der Waals surface area contributed by atoms with Crippen LogP contribution in [0, 0.1) is 19.8 Å². The molecular formula is C11H17NO. The molecule has 0 saturated carbocycles. The molecule has 72 valence electrons. The Morgan fingerprint density at radius 1 is 1.54 bits per heavy atom. The number of nitrogens with one attached hydrogen (secondary N) is 1. The van der Waals surface area contributed by atoms with Crippen molar-refractivity contribution in [3.05, 3.63) is 23.2 Å². The summed E-state index contributed by atoms with van der Waals surface area (Å²) in [6.07, 6.45) is 2.49. The highest BCUT2D eigenvalue weighted by atomic mass is 16.3. The minimum atomic E-state index is 0.815. The van der Waals surface area contributed by atoms with Gasteiger partial charge in [-0.05, 0) is 57.3 Å². The van der Waals surface area contributed by atoms with Crippen LogP contribution >= 0.6 is 0 Å². The molecule has 1 saturated heterocycles. The van der Waals surface area contributed by atoms with Gasteiger partial charge in [0.15, 0.2) is 0 Å². The second-order valence-electron chi connectivity index (χ2n) is 4.00. The van der Waals surface area contributed by atoms with Crippen molar-refractivity contribution in [2.75, 3.05) is 13.1 Å². The Kier molecular flexibility index (Phi) is 2.40. The van der Waals surface area contributed by atoms with E-state index in [-0.39, 0.29) is 0 Å². The molecular weight excluding hydrogens is 162 g/mol. The average Bonchev–Trinajstić information content (AvgIpc) is 2.63. The van der Waals surface area contributed by atoms with Crippen molar-refractivity contribution in [3.8, 4) is 0 Å². The van der Waals surface area contributed by atoms with Gasteiger partial charge in [0, 0.05) is 0 Å². The van der Waals surface area contributed by atoms with E-state index < -0.39 is 0 Å². The van der Waals surface area contributed by atoms with E-state index in [0.717, 1.165) is 17.4 Å². The van der Waals surface area contributed by atoms with E-state index in [1.54, 1.807) is 0 Å². The predicted molar refractivity (Wildman–Crippen MR) is 52.9 cm³/mol. The molecule has 0 bridgehead atoms. The molecule has 0 spiro atoms. The second-order valence-corrected chi connectivity index (χ2v) is 4.00. The number of hydrogen-bond donors (Lipinski definition) is 1. The summed E-state index contributed by atoms with van der Waals surface area (Å²) >= 11 is 0. The molecule has 13 heavy (non-hydrogen) atoms. The zero-order valence-electron chi connectivity index (χ0n) is 8.39. The largest absolute Gasteiger partial charge is 0.466 e. The van der Waals surface area contributed by atoms with Crippen molar-refractivity contribution >= 4 is 0 Å². The molecule has 0 aromatic carbocycles. The van der Waals surface area contributed by atoms with Gasteiger partial charge in [-0.2, -0.15) is 0 Å². The quantitative estimate of drug-likeness (QED) is 0.751. The lowest BCUT2D eigenvalue weighted by molar-refractivity contribution is 0.494. The zero-order valence-corrected chi connectivity index (χ0v) is 8.39. The fourth-order valence-corrected chi connectivity index (χ4v) is 2.09. The maximum absolute atomic E-state index is 5.50. The summed E-state index contributed by atoms with van der Waals surface area (Å²) in [5, 5.41) is 3.39. The maximum Gasteiger partial charge on any atom is 0.104 e. The van der Waals surface area contributed by atoms with E-state index in [1.165, 1.54) is 31.5 Å². The molecule has 2 rings (SSSR count). The predicted octanol–water partition coefficient (Wildman–Crippen LogP) is 2.05. The lowest BCUT2D eigenvalue weighted by Crippen LogP contribution is -2.10. The first-order valence-electron chi connectivity index (χ1n) is 5.02. The summed E-state index contributed by atoms with van der Waals surface area (Å²) < 4.78 is 5.50. The van der Waals surface area contributed by atoms with Crippen LogP contribution < -0.4 is 5.32 Å². The standard InChI is InChI=1S/C11H17NO/c1-8-5-11(9(2)13-8)6-10-3-4-12-7-10/h5,10,12H,3-4,6-7H2,1-2H3. The Morgan fingerprint density at radius 3 is 2.92 bits per heavy atom. The molecule has 1 aliphatic heterocycles. The fraction of sp³-hybridized carbons (Fsp3) is 0.636. The smallest absolute Gasteiger partial charge is 0.104 e. The second kappa shape index (κ2) is 3.54. The molecule has 1 aromatic heterocycles.